The van der Waals surface area contributed by atoms with Crippen LogP contribution in [0, 0.1) is 5.92 Å². The van der Waals surface area contributed by atoms with Crippen LogP contribution in [0.15, 0.2) is 29.4 Å². The summed E-state index contributed by atoms with van der Waals surface area (Å²) in [6.07, 6.45) is 4.44. The smallest absolute Gasteiger partial charge is 0.317 e. The van der Waals surface area contributed by atoms with Crippen molar-refractivity contribution in [2.45, 2.75) is 44.0 Å². The number of rotatable bonds is 4. The maximum atomic E-state index is 12.2. The third kappa shape index (κ3) is 5.45. The molecule has 1 aromatic rings. The van der Waals surface area contributed by atoms with E-state index in [4.69, 9.17) is 0 Å². The summed E-state index contributed by atoms with van der Waals surface area (Å²) in [6, 6.07) is 3.06. The number of hydrogen-bond acceptors (Lipinski definition) is 4. The van der Waals surface area contributed by atoms with Gasteiger partial charge in [0.25, 0.3) is 0 Å². The lowest BCUT2D eigenvalue weighted by molar-refractivity contribution is 0.163. The molecular formula is C16H26N4O3S. The van der Waals surface area contributed by atoms with Crippen LogP contribution in [0.2, 0.25) is 0 Å². The first kappa shape index (κ1) is 18.7. The third-order valence-corrected chi connectivity index (χ3v) is 5.30. The number of carbonyl (C=O) groups excluding carboxylic acids is 1. The molecule has 134 valence electrons. The van der Waals surface area contributed by atoms with Gasteiger partial charge in [-0.25, -0.2) is 17.9 Å². The fourth-order valence-electron chi connectivity index (χ4n) is 2.56. The molecule has 0 bridgehead atoms. The van der Waals surface area contributed by atoms with Crippen LogP contribution in [-0.2, 0) is 10.0 Å². The van der Waals surface area contributed by atoms with E-state index in [2.05, 4.69) is 15.0 Å². The van der Waals surface area contributed by atoms with E-state index in [1.54, 1.807) is 11.0 Å². The number of piperidine rings is 1. The van der Waals surface area contributed by atoms with Gasteiger partial charge in [-0.1, -0.05) is 0 Å². The highest BCUT2D eigenvalue weighted by Gasteiger charge is 2.26. The minimum atomic E-state index is -3.52. The van der Waals surface area contributed by atoms with E-state index in [0.29, 0.717) is 19.6 Å². The Labute approximate surface area is 143 Å². The van der Waals surface area contributed by atoms with E-state index in [1.165, 1.54) is 18.5 Å². The van der Waals surface area contributed by atoms with Crippen molar-refractivity contribution >= 4 is 16.1 Å². The summed E-state index contributed by atoms with van der Waals surface area (Å²) in [7, 11) is -3.52. The van der Waals surface area contributed by atoms with Gasteiger partial charge < -0.3 is 10.2 Å². The molecule has 1 saturated heterocycles. The number of carbonyl (C=O) groups is 1. The van der Waals surface area contributed by atoms with E-state index in [0.717, 1.165) is 12.8 Å². The number of amides is 2. The van der Waals surface area contributed by atoms with Crippen molar-refractivity contribution in [1.82, 2.24) is 19.9 Å². The molecule has 0 aliphatic carbocycles. The number of pyridine rings is 1. The van der Waals surface area contributed by atoms with Crippen molar-refractivity contribution in [2.24, 2.45) is 5.92 Å². The Kier molecular flexibility index (Phi) is 5.82. The van der Waals surface area contributed by atoms with Crippen LogP contribution in [0.1, 0.15) is 33.6 Å². The van der Waals surface area contributed by atoms with Crippen molar-refractivity contribution in [2.75, 3.05) is 19.6 Å². The number of likely N-dealkylation sites (tertiary alicyclic amines) is 1. The van der Waals surface area contributed by atoms with Crippen LogP contribution in [0.25, 0.3) is 0 Å². The maximum absolute atomic E-state index is 12.2. The van der Waals surface area contributed by atoms with E-state index in [9.17, 15) is 13.2 Å². The summed E-state index contributed by atoms with van der Waals surface area (Å²) < 4.78 is 27.0. The Morgan fingerprint density at radius 1 is 1.33 bits per heavy atom. The molecule has 7 nitrogen and oxygen atoms in total. The number of nitrogens with zero attached hydrogens (tertiary/aromatic N) is 2. The molecule has 8 heteroatoms. The van der Waals surface area contributed by atoms with Crippen molar-refractivity contribution in [3.63, 3.8) is 0 Å². The molecule has 2 N–H and O–H groups in total. The Hall–Kier alpha value is -1.67. The number of sulfonamides is 1. The summed E-state index contributed by atoms with van der Waals surface area (Å²) in [6.45, 7) is 7.51. The molecule has 1 aromatic heterocycles. The molecule has 1 aliphatic heterocycles. The standard InChI is InChI=1S/C16H26N4O3S/c1-16(2,3)19-15(21)20-9-6-13(7-10-20)11-18-24(22,23)14-5-4-8-17-12-14/h4-5,8,12-13,18H,6-7,9-11H2,1-3H3,(H,19,21). The lowest BCUT2D eigenvalue weighted by atomic mass is 9.97. The van der Waals surface area contributed by atoms with Crippen molar-refractivity contribution < 1.29 is 13.2 Å². The van der Waals surface area contributed by atoms with Crippen molar-refractivity contribution in [3.8, 4) is 0 Å². The first-order chi connectivity index (χ1) is 11.2. The van der Waals surface area contributed by atoms with Crippen LogP contribution >= 0.6 is 0 Å². The highest BCUT2D eigenvalue weighted by Crippen LogP contribution is 2.18. The van der Waals surface area contributed by atoms with Gasteiger partial charge in [-0.2, -0.15) is 0 Å². The molecule has 0 unspecified atom stereocenters. The zero-order chi connectivity index (χ0) is 17.8. The predicted octanol–water partition coefficient (Wildman–Crippen LogP) is 1.58. The lowest BCUT2D eigenvalue weighted by Gasteiger charge is -2.34. The lowest BCUT2D eigenvalue weighted by Crippen LogP contribution is -2.51. The predicted molar refractivity (Wildman–Crippen MR) is 92.0 cm³/mol. The summed E-state index contributed by atoms with van der Waals surface area (Å²) >= 11 is 0. The van der Waals surface area contributed by atoms with Gasteiger partial charge in [-0.3, -0.25) is 4.98 Å². The number of hydrogen-bond donors (Lipinski definition) is 2. The molecule has 0 aromatic carbocycles. The molecule has 0 saturated carbocycles. The van der Waals surface area contributed by atoms with Gasteiger partial charge in [0.1, 0.15) is 4.90 Å². The topological polar surface area (TPSA) is 91.4 Å². The van der Waals surface area contributed by atoms with E-state index < -0.39 is 10.0 Å². The molecule has 0 spiro atoms. The fraction of sp³-hybridized carbons (Fsp3) is 0.625. The van der Waals surface area contributed by atoms with Crippen LogP contribution in [0.3, 0.4) is 0 Å². The first-order valence-electron chi connectivity index (χ1n) is 8.14. The Morgan fingerprint density at radius 2 is 2.00 bits per heavy atom. The monoisotopic (exact) mass is 354 g/mol. The molecule has 24 heavy (non-hydrogen) atoms. The number of aromatic nitrogens is 1. The molecule has 0 radical (unpaired) electrons. The second-order valence-corrected chi connectivity index (χ2v) is 8.92. The van der Waals surface area contributed by atoms with Crippen LogP contribution in [0.4, 0.5) is 4.79 Å². The number of urea groups is 1. The normalized spacial score (nSPS) is 16.9. The largest absolute Gasteiger partial charge is 0.333 e. The Bertz CT molecular complexity index is 648. The van der Waals surface area contributed by atoms with Gasteiger partial charge in [0, 0.05) is 37.6 Å². The van der Waals surface area contributed by atoms with Crippen molar-refractivity contribution in [1.29, 1.82) is 0 Å². The Morgan fingerprint density at radius 3 is 2.54 bits per heavy atom. The van der Waals surface area contributed by atoms with Gasteiger partial charge in [0.05, 0.1) is 0 Å². The highest BCUT2D eigenvalue weighted by atomic mass is 32.2. The summed E-state index contributed by atoms with van der Waals surface area (Å²) in [4.78, 5) is 17.9. The van der Waals surface area contributed by atoms with Crippen LogP contribution in [-0.4, -0.2) is 49.5 Å². The molecule has 1 aliphatic rings. The minimum Gasteiger partial charge on any atom is -0.333 e. The Balaban J connectivity index is 1.80. The van der Waals surface area contributed by atoms with Gasteiger partial charge in [0.15, 0.2) is 0 Å². The zero-order valence-electron chi connectivity index (χ0n) is 14.4. The third-order valence-electron chi connectivity index (χ3n) is 3.89. The van der Waals surface area contributed by atoms with Gasteiger partial charge in [0.2, 0.25) is 10.0 Å². The van der Waals surface area contributed by atoms with Gasteiger partial charge >= 0.3 is 6.03 Å². The summed E-state index contributed by atoms with van der Waals surface area (Å²) in [5.74, 6) is 0.232. The van der Waals surface area contributed by atoms with Crippen LogP contribution in [0.5, 0.6) is 0 Å². The zero-order valence-corrected chi connectivity index (χ0v) is 15.3. The molecule has 1 fully saturated rings. The second-order valence-electron chi connectivity index (χ2n) is 7.15. The van der Waals surface area contributed by atoms with Gasteiger partial charge in [-0.05, 0) is 51.7 Å². The highest BCUT2D eigenvalue weighted by molar-refractivity contribution is 7.89. The fourth-order valence-corrected chi connectivity index (χ4v) is 3.64. The average molecular weight is 354 g/mol. The summed E-state index contributed by atoms with van der Waals surface area (Å²) in [5, 5.41) is 2.95. The van der Waals surface area contributed by atoms with Crippen molar-refractivity contribution in [3.05, 3.63) is 24.5 Å². The van der Waals surface area contributed by atoms with E-state index >= 15 is 0 Å². The number of nitrogens with one attached hydrogen (secondary N) is 2. The SMILES string of the molecule is CC(C)(C)NC(=O)N1CCC(CNS(=O)(=O)c2cccnc2)CC1. The van der Waals surface area contributed by atoms with Gasteiger partial charge in [-0.15, -0.1) is 0 Å². The quantitative estimate of drug-likeness (QED) is 0.859. The van der Waals surface area contributed by atoms with E-state index in [1.807, 2.05) is 20.8 Å². The molecular weight excluding hydrogens is 328 g/mol. The second kappa shape index (κ2) is 7.48. The van der Waals surface area contributed by atoms with E-state index in [-0.39, 0.29) is 22.4 Å². The molecule has 2 heterocycles. The first-order valence-corrected chi connectivity index (χ1v) is 9.62. The summed E-state index contributed by atoms with van der Waals surface area (Å²) in [5.41, 5.74) is -0.257. The minimum absolute atomic E-state index is 0.0584. The molecule has 2 rings (SSSR count). The maximum Gasteiger partial charge on any atom is 0.317 e. The van der Waals surface area contributed by atoms with Crippen LogP contribution < -0.4 is 10.0 Å². The average Bonchev–Trinajstić information content (AvgIpc) is 2.53. The molecule has 2 amide bonds. The molecule has 0 atom stereocenters.